The molecule has 0 bridgehead atoms. The first-order valence-corrected chi connectivity index (χ1v) is 15.0. The average Bonchev–Trinajstić information content (AvgIpc) is 2.99. The minimum Gasteiger partial charge on any atom is -0.487 e. The molecule has 0 saturated heterocycles. The number of hydrogen-bond donors (Lipinski definition) is 0. The van der Waals surface area contributed by atoms with Crippen molar-refractivity contribution in [2.45, 2.75) is 110 Å². The molecule has 0 radical (unpaired) electrons. The molecule has 1 heterocycles. The number of hydrogen-bond acceptors (Lipinski definition) is 5. The highest BCUT2D eigenvalue weighted by atomic mass is 19.2. The fraction of sp³-hybridized carbons (Fsp3) is 0.500. The van der Waals surface area contributed by atoms with Crippen molar-refractivity contribution in [3.63, 3.8) is 0 Å². The van der Waals surface area contributed by atoms with E-state index in [1.807, 2.05) is 6.92 Å². The van der Waals surface area contributed by atoms with Gasteiger partial charge >= 0.3 is 5.97 Å². The number of alkyl halides is 3. The fourth-order valence-electron chi connectivity index (χ4n) is 4.67. The second-order valence-electron chi connectivity index (χ2n) is 11.0. The van der Waals surface area contributed by atoms with E-state index in [1.165, 1.54) is 20.3 Å². The molecule has 0 aliphatic carbocycles. The van der Waals surface area contributed by atoms with E-state index in [0.29, 0.717) is 42.0 Å². The van der Waals surface area contributed by atoms with E-state index in [-0.39, 0.29) is 12.2 Å². The predicted octanol–water partition coefficient (Wildman–Crippen LogP) is 9.44. The maximum absolute atomic E-state index is 14.9. The molecule has 8 heteroatoms. The molecule has 0 aliphatic heterocycles. The standard InChI is InChI=1S/C34H43F3N2O3/c1-5-7-8-9-10-13-21-34(4,37)33(40)41-27-19-17-25(18-20-27)26-22-38-32(39-23-26)28-15-11-12-16-29(28)42-30(14-6-2)31(36)24(3)35/h11-12,15-20,22-24,30-31H,5-10,13-14,21H2,1-4H3. The quantitative estimate of drug-likeness (QED) is 0.0898. The number of rotatable bonds is 17. The Morgan fingerprint density at radius 1 is 0.881 bits per heavy atom. The van der Waals surface area contributed by atoms with Gasteiger partial charge < -0.3 is 9.47 Å². The molecule has 42 heavy (non-hydrogen) atoms. The van der Waals surface area contributed by atoms with E-state index in [0.717, 1.165) is 31.2 Å². The van der Waals surface area contributed by atoms with E-state index in [1.54, 1.807) is 60.9 Å². The van der Waals surface area contributed by atoms with Crippen LogP contribution in [0.2, 0.25) is 0 Å². The third-order valence-electron chi connectivity index (χ3n) is 7.25. The zero-order valence-corrected chi connectivity index (χ0v) is 25.1. The lowest BCUT2D eigenvalue weighted by atomic mass is 9.99. The Hall–Kier alpha value is -3.42. The minimum atomic E-state index is -2.04. The van der Waals surface area contributed by atoms with Crippen LogP contribution in [0.3, 0.4) is 0 Å². The number of carbonyl (C=O) groups excluding carboxylic acids is 1. The Balaban J connectivity index is 1.64. The minimum absolute atomic E-state index is 0.135. The molecule has 0 aliphatic rings. The van der Waals surface area contributed by atoms with Crippen LogP contribution in [0, 0.1) is 0 Å². The number of unbranched alkanes of at least 4 members (excludes halogenated alkanes) is 5. The molecule has 4 unspecified atom stereocenters. The molecule has 0 fully saturated rings. The van der Waals surface area contributed by atoms with Crippen molar-refractivity contribution in [3.8, 4) is 34.0 Å². The Morgan fingerprint density at radius 2 is 1.52 bits per heavy atom. The van der Waals surface area contributed by atoms with E-state index < -0.39 is 30.1 Å². The molecule has 3 rings (SSSR count). The first-order chi connectivity index (χ1) is 20.2. The van der Waals surface area contributed by atoms with E-state index in [4.69, 9.17) is 9.47 Å². The monoisotopic (exact) mass is 584 g/mol. The van der Waals surface area contributed by atoms with E-state index >= 15 is 0 Å². The van der Waals surface area contributed by atoms with Gasteiger partial charge in [-0.25, -0.2) is 27.9 Å². The summed E-state index contributed by atoms with van der Waals surface area (Å²) in [6.45, 7) is 6.51. The molecule has 0 N–H and O–H groups in total. The van der Waals surface area contributed by atoms with Gasteiger partial charge in [-0.15, -0.1) is 0 Å². The van der Waals surface area contributed by atoms with E-state index in [9.17, 15) is 18.0 Å². The Kier molecular flexibility index (Phi) is 12.8. The largest absolute Gasteiger partial charge is 0.487 e. The highest BCUT2D eigenvalue weighted by Crippen LogP contribution is 2.31. The van der Waals surface area contributed by atoms with Gasteiger partial charge in [0.2, 0.25) is 5.67 Å². The third kappa shape index (κ3) is 9.57. The molecule has 0 spiro atoms. The summed E-state index contributed by atoms with van der Waals surface area (Å²) in [4.78, 5) is 21.4. The van der Waals surface area contributed by atoms with Gasteiger partial charge in [0, 0.05) is 18.0 Å². The summed E-state index contributed by atoms with van der Waals surface area (Å²) < 4.78 is 54.4. The molecule has 3 aromatic rings. The van der Waals surface area contributed by atoms with Gasteiger partial charge in [-0.2, -0.15) is 0 Å². The number of ether oxygens (including phenoxy) is 2. The Labute approximate surface area is 247 Å². The molecular weight excluding hydrogens is 541 g/mol. The number of aromatic nitrogens is 2. The van der Waals surface area contributed by atoms with Gasteiger partial charge in [-0.3, -0.25) is 0 Å². The van der Waals surface area contributed by atoms with Crippen LogP contribution in [0.5, 0.6) is 11.5 Å². The smallest absolute Gasteiger partial charge is 0.348 e. The topological polar surface area (TPSA) is 61.3 Å². The van der Waals surface area contributed by atoms with E-state index in [2.05, 4.69) is 16.9 Å². The lowest BCUT2D eigenvalue weighted by molar-refractivity contribution is -0.147. The van der Waals surface area contributed by atoms with Gasteiger partial charge in [-0.1, -0.05) is 76.6 Å². The predicted molar refractivity (Wildman–Crippen MR) is 161 cm³/mol. The van der Waals surface area contributed by atoms with Crippen LogP contribution in [0.25, 0.3) is 22.5 Å². The number of nitrogens with zero attached hydrogens (tertiary/aromatic N) is 2. The van der Waals surface area contributed by atoms with Crippen molar-refractivity contribution in [3.05, 3.63) is 60.9 Å². The first kappa shape index (κ1) is 33.1. The van der Waals surface area contributed by atoms with Crippen molar-refractivity contribution in [1.29, 1.82) is 0 Å². The van der Waals surface area contributed by atoms with Crippen LogP contribution in [-0.4, -0.2) is 40.1 Å². The summed E-state index contributed by atoms with van der Waals surface area (Å²) in [6, 6.07) is 13.7. The second-order valence-corrected chi connectivity index (χ2v) is 11.0. The number of halogens is 3. The number of carbonyl (C=O) groups is 1. The SMILES string of the molecule is CCCCCCCCC(C)(F)C(=O)Oc1ccc(-c2cnc(-c3ccccc3OC(CCC)C(F)C(C)F)nc2)cc1. The molecule has 4 atom stereocenters. The molecule has 2 aromatic carbocycles. The van der Waals surface area contributed by atoms with Gasteiger partial charge in [0.15, 0.2) is 12.0 Å². The molecular formula is C34H43F3N2O3. The lowest BCUT2D eigenvalue weighted by Gasteiger charge is -2.24. The number of para-hydroxylation sites is 1. The third-order valence-corrected chi connectivity index (χ3v) is 7.25. The van der Waals surface area contributed by atoms with Crippen molar-refractivity contribution < 1.29 is 27.4 Å². The number of esters is 1. The molecule has 228 valence electrons. The van der Waals surface area contributed by atoms with Gasteiger partial charge in [0.1, 0.15) is 23.8 Å². The maximum atomic E-state index is 14.9. The van der Waals surface area contributed by atoms with Crippen molar-refractivity contribution in [2.75, 3.05) is 0 Å². The van der Waals surface area contributed by atoms with Crippen LogP contribution in [0.1, 0.15) is 85.5 Å². The van der Waals surface area contributed by atoms with Crippen molar-refractivity contribution in [1.82, 2.24) is 9.97 Å². The van der Waals surface area contributed by atoms with Crippen LogP contribution in [0.4, 0.5) is 13.2 Å². The summed E-state index contributed by atoms with van der Waals surface area (Å²) in [7, 11) is 0. The Bertz CT molecular complexity index is 1230. The van der Waals surface area contributed by atoms with Gasteiger partial charge in [0.25, 0.3) is 0 Å². The van der Waals surface area contributed by atoms with Crippen LogP contribution < -0.4 is 9.47 Å². The number of benzene rings is 2. The molecule has 1 aromatic heterocycles. The van der Waals surface area contributed by atoms with Gasteiger partial charge in [-0.05, 0) is 62.9 Å². The zero-order valence-electron chi connectivity index (χ0n) is 25.1. The summed E-state index contributed by atoms with van der Waals surface area (Å²) in [5.41, 5.74) is 0.0220. The summed E-state index contributed by atoms with van der Waals surface area (Å²) in [5, 5.41) is 0. The molecule has 0 saturated carbocycles. The first-order valence-electron chi connectivity index (χ1n) is 15.0. The normalized spacial score (nSPS) is 14.9. The zero-order chi connectivity index (χ0) is 30.5. The Morgan fingerprint density at radius 3 is 2.17 bits per heavy atom. The van der Waals surface area contributed by atoms with Gasteiger partial charge in [0.05, 0.1) is 5.56 Å². The lowest BCUT2D eigenvalue weighted by Crippen LogP contribution is -2.34. The van der Waals surface area contributed by atoms with Crippen LogP contribution in [0.15, 0.2) is 60.9 Å². The highest BCUT2D eigenvalue weighted by Gasteiger charge is 2.34. The molecule has 0 amide bonds. The fourth-order valence-corrected chi connectivity index (χ4v) is 4.67. The summed E-state index contributed by atoms with van der Waals surface area (Å²) in [5.74, 6) is 0.133. The second kappa shape index (κ2) is 16.3. The maximum Gasteiger partial charge on any atom is 0.348 e. The van der Waals surface area contributed by atoms with Crippen LogP contribution in [-0.2, 0) is 4.79 Å². The average molecular weight is 585 g/mol. The summed E-state index contributed by atoms with van der Waals surface area (Å²) >= 11 is 0. The van der Waals surface area contributed by atoms with Crippen LogP contribution >= 0.6 is 0 Å². The van der Waals surface area contributed by atoms with Crippen molar-refractivity contribution >= 4 is 5.97 Å². The highest BCUT2D eigenvalue weighted by molar-refractivity contribution is 5.81. The molecule has 5 nitrogen and oxygen atoms in total. The van der Waals surface area contributed by atoms with Crippen molar-refractivity contribution in [2.24, 2.45) is 0 Å². The summed E-state index contributed by atoms with van der Waals surface area (Å²) in [6.07, 6.45) is 6.17.